The Hall–Kier alpha value is -1.58. The van der Waals surface area contributed by atoms with Gasteiger partial charge >= 0.3 is 0 Å². The smallest absolute Gasteiger partial charge is 0.154 e. The third kappa shape index (κ3) is 1.76. The number of nitrogens with one attached hydrogen (secondary N) is 1. The van der Waals surface area contributed by atoms with Crippen LogP contribution in [0.5, 0.6) is 0 Å². The third-order valence-electron chi connectivity index (χ3n) is 4.37. The van der Waals surface area contributed by atoms with Crippen molar-refractivity contribution in [2.45, 2.75) is 26.7 Å². The van der Waals surface area contributed by atoms with Crippen LogP contribution < -0.4 is 5.32 Å². The van der Waals surface area contributed by atoms with Gasteiger partial charge in [0.25, 0.3) is 0 Å². The second-order valence-corrected chi connectivity index (χ2v) is 5.75. The van der Waals surface area contributed by atoms with E-state index in [-0.39, 0.29) is 0 Å². The molecule has 0 unspecified atom stereocenters. The largest absolute Gasteiger partial charge is 0.368 e. The van der Waals surface area contributed by atoms with Crippen molar-refractivity contribution in [3.05, 3.63) is 18.6 Å². The molecule has 4 heteroatoms. The first-order valence-electron chi connectivity index (χ1n) is 6.62. The van der Waals surface area contributed by atoms with Gasteiger partial charge in [0, 0.05) is 19.8 Å². The highest BCUT2D eigenvalue weighted by Crippen LogP contribution is 2.51. The van der Waals surface area contributed by atoms with Crippen LogP contribution in [0.25, 0.3) is 11.0 Å². The minimum Gasteiger partial charge on any atom is -0.368 e. The van der Waals surface area contributed by atoms with Crippen LogP contribution in [0.2, 0.25) is 0 Å². The van der Waals surface area contributed by atoms with E-state index in [0.717, 1.165) is 29.3 Å². The summed E-state index contributed by atoms with van der Waals surface area (Å²) in [4.78, 5) is 8.85. The van der Waals surface area contributed by atoms with E-state index in [9.17, 15) is 0 Å². The summed E-state index contributed by atoms with van der Waals surface area (Å²) in [5.41, 5.74) is 2.58. The predicted molar refractivity (Wildman–Crippen MR) is 73.5 cm³/mol. The number of anilines is 1. The van der Waals surface area contributed by atoms with Crippen molar-refractivity contribution in [1.82, 2.24) is 14.5 Å². The molecule has 1 N–H and O–H groups in total. The van der Waals surface area contributed by atoms with Gasteiger partial charge in [-0.3, -0.25) is 0 Å². The zero-order valence-corrected chi connectivity index (χ0v) is 11.3. The van der Waals surface area contributed by atoms with Crippen LogP contribution in [-0.4, -0.2) is 21.1 Å². The van der Waals surface area contributed by atoms with Crippen LogP contribution in [0.1, 0.15) is 26.7 Å². The Balaban J connectivity index is 1.83. The van der Waals surface area contributed by atoms with E-state index in [2.05, 4.69) is 29.1 Å². The van der Waals surface area contributed by atoms with Crippen LogP contribution in [-0.2, 0) is 7.05 Å². The minimum absolute atomic E-state index is 0.485. The first-order valence-corrected chi connectivity index (χ1v) is 6.62. The Morgan fingerprint density at radius 2 is 2.17 bits per heavy atom. The lowest BCUT2D eigenvalue weighted by molar-refractivity contribution is 0.380. The van der Waals surface area contributed by atoms with E-state index in [4.69, 9.17) is 0 Å². The number of imidazole rings is 1. The van der Waals surface area contributed by atoms with E-state index >= 15 is 0 Å². The lowest BCUT2D eigenvalue weighted by Gasteiger charge is -2.20. The quantitative estimate of drug-likeness (QED) is 0.899. The highest BCUT2D eigenvalue weighted by Gasteiger charge is 2.45. The van der Waals surface area contributed by atoms with Crippen molar-refractivity contribution in [3.8, 4) is 0 Å². The maximum atomic E-state index is 4.42. The number of hydrogen-bond donors (Lipinski definition) is 1. The van der Waals surface area contributed by atoms with Crippen molar-refractivity contribution < 1.29 is 0 Å². The van der Waals surface area contributed by atoms with E-state index in [1.165, 1.54) is 12.8 Å². The first-order chi connectivity index (χ1) is 8.62. The van der Waals surface area contributed by atoms with Gasteiger partial charge in [-0.25, -0.2) is 9.97 Å². The minimum atomic E-state index is 0.485. The summed E-state index contributed by atoms with van der Waals surface area (Å²) in [6.45, 7) is 5.63. The predicted octanol–water partition coefficient (Wildman–Crippen LogP) is 2.82. The van der Waals surface area contributed by atoms with E-state index in [1.54, 1.807) is 0 Å². The fraction of sp³-hybridized carbons (Fsp3) is 0.571. The second-order valence-electron chi connectivity index (χ2n) is 5.75. The molecule has 2 heterocycles. The fourth-order valence-electron chi connectivity index (χ4n) is 2.57. The fourth-order valence-corrected chi connectivity index (χ4v) is 2.57. The van der Waals surface area contributed by atoms with Crippen molar-refractivity contribution in [2.24, 2.45) is 18.4 Å². The zero-order chi connectivity index (χ0) is 12.8. The van der Waals surface area contributed by atoms with Crippen molar-refractivity contribution in [2.75, 3.05) is 11.9 Å². The van der Waals surface area contributed by atoms with Gasteiger partial charge in [0.05, 0.1) is 11.8 Å². The number of aryl methyl sites for hydroxylation is 1. The Bertz CT molecular complexity index is 566. The van der Waals surface area contributed by atoms with Gasteiger partial charge in [0.1, 0.15) is 5.52 Å². The van der Waals surface area contributed by atoms with Crippen LogP contribution in [0.15, 0.2) is 18.6 Å². The molecule has 0 aliphatic heterocycles. The monoisotopic (exact) mass is 244 g/mol. The Morgan fingerprint density at radius 1 is 1.39 bits per heavy atom. The third-order valence-corrected chi connectivity index (χ3v) is 4.37. The van der Waals surface area contributed by atoms with Crippen LogP contribution >= 0.6 is 0 Å². The average molecular weight is 244 g/mol. The van der Waals surface area contributed by atoms with Crippen molar-refractivity contribution in [1.29, 1.82) is 0 Å². The summed E-state index contributed by atoms with van der Waals surface area (Å²) in [6, 6.07) is 2.00. The molecule has 0 saturated heterocycles. The zero-order valence-electron chi connectivity index (χ0n) is 11.3. The van der Waals surface area contributed by atoms with Gasteiger partial charge in [-0.15, -0.1) is 0 Å². The normalized spacial score (nSPS) is 17.3. The summed E-state index contributed by atoms with van der Waals surface area (Å²) in [5.74, 6) is 1.65. The first kappa shape index (κ1) is 11.5. The molecule has 1 saturated carbocycles. The molecular weight excluding hydrogens is 224 g/mol. The van der Waals surface area contributed by atoms with Crippen LogP contribution in [0, 0.1) is 11.3 Å². The van der Waals surface area contributed by atoms with Crippen LogP contribution in [0.4, 0.5) is 5.82 Å². The summed E-state index contributed by atoms with van der Waals surface area (Å²) >= 11 is 0. The lowest BCUT2D eigenvalue weighted by atomic mass is 9.92. The number of aromatic nitrogens is 3. The molecule has 18 heavy (non-hydrogen) atoms. The molecule has 1 fully saturated rings. The highest BCUT2D eigenvalue weighted by atomic mass is 15.1. The summed E-state index contributed by atoms with van der Waals surface area (Å²) in [5, 5.41) is 3.50. The molecular formula is C14H20N4. The summed E-state index contributed by atoms with van der Waals surface area (Å²) < 4.78 is 2.03. The van der Waals surface area contributed by atoms with Gasteiger partial charge in [-0.1, -0.05) is 13.8 Å². The molecule has 0 bridgehead atoms. The van der Waals surface area contributed by atoms with Crippen molar-refractivity contribution in [3.63, 3.8) is 0 Å². The van der Waals surface area contributed by atoms with Gasteiger partial charge in [0.2, 0.25) is 0 Å². The molecule has 0 aromatic carbocycles. The lowest BCUT2D eigenvalue weighted by Crippen LogP contribution is -2.21. The second kappa shape index (κ2) is 3.97. The molecule has 1 aliphatic rings. The standard InChI is InChI=1S/C14H20N4/c1-10(2)14(5-6-14)8-16-13-12-11(4-7-15-13)18(3)9-17-12/h4,7,9-10H,5-6,8H2,1-3H3,(H,15,16). The molecule has 3 rings (SSSR count). The number of pyridine rings is 1. The van der Waals surface area contributed by atoms with Crippen LogP contribution in [0.3, 0.4) is 0 Å². The summed E-state index contributed by atoms with van der Waals surface area (Å²) in [7, 11) is 2.01. The number of nitrogens with zero attached hydrogens (tertiary/aromatic N) is 3. The summed E-state index contributed by atoms with van der Waals surface area (Å²) in [6.07, 6.45) is 6.35. The van der Waals surface area contributed by atoms with Gasteiger partial charge < -0.3 is 9.88 Å². The average Bonchev–Trinajstić information content (AvgIpc) is 3.07. The highest BCUT2D eigenvalue weighted by molar-refractivity contribution is 5.85. The maximum absolute atomic E-state index is 4.42. The van der Waals surface area contributed by atoms with E-state index in [1.807, 2.05) is 30.2 Å². The molecule has 0 spiro atoms. The number of hydrogen-bond acceptors (Lipinski definition) is 3. The van der Waals surface area contributed by atoms with Gasteiger partial charge in [-0.2, -0.15) is 0 Å². The topological polar surface area (TPSA) is 42.7 Å². The Kier molecular flexibility index (Phi) is 2.54. The van der Waals surface area contributed by atoms with E-state index in [0.29, 0.717) is 5.41 Å². The molecule has 0 atom stereocenters. The molecule has 4 nitrogen and oxygen atoms in total. The Morgan fingerprint density at radius 3 is 2.83 bits per heavy atom. The molecule has 0 amide bonds. The number of fused-ring (bicyclic) bond motifs is 1. The Labute approximate surface area is 107 Å². The number of rotatable bonds is 4. The molecule has 0 radical (unpaired) electrons. The van der Waals surface area contributed by atoms with E-state index < -0.39 is 0 Å². The van der Waals surface area contributed by atoms with Gasteiger partial charge in [-0.05, 0) is 30.2 Å². The maximum Gasteiger partial charge on any atom is 0.154 e. The van der Waals surface area contributed by atoms with Gasteiger partial charge in [0.15, 0.2) is 5.82 Å². The molecule has 2 aromatic heterocycles. The van der Waals surface area contributed by atoms with Crippen molar-refractivity contribution >= 4 is 16.9 Å². The molecule has 2 aromatic rings. The molecule has 96 valence electrons. The SMILES string of the molecule is CC(C)C1(CNc2nccc3c2ncn3C)CC1. The molecule has 1 aliphatic carbocycles.